The highest BCUT2D eigenvalue weighted by Gasteiger charge is 2.38. The minimum absolute atomic E-state index is 0.0107. The monoisotopic (exact) mass is 290 g/mol. The van der Waals surface area contributed by atoms with Crippen LogP contribution in [0.3, 0.4) is 0 Å². The third-order valence-corrected chi connectivity index (χ3v) is 4.78. The molecule has 0 spiro atoms. The maximum atomic E-state index is 5.65. The number of rotatable bonds is 5. The van der Waals surface area contributed by atoms with Gasteiger partial charge in [0.25, 0.3) is 0 Å². The quantitative estimate of drug-likeness (QED) is 0.902. The minimum atomic E-state index is -0.109. The van der Waals surface area contributed by atoms with Crippen LogP contribution in [0.1, 0.15) is 39.7 Å². The number of nitrogens with zero attached hydrogens (tertiary/aromatic N) is 1. The van der Waals surface area contributed by atoms with Crippen LogP contribution in [0.25, 0.3) is 0 Å². The summed E-state index contributed by atoms with van der Waals surface area (Å²) < 4.78 is 5.65. The molecule has 3 nitrogen and oxygen atoms in total. The van der Waals surface area contributed by atoms with Crippen LogP contribution < -0.4 is 5.32 Å². The summed E-state index contributed by atoms with van der Waals surface area (Å²) in [6.07, 6.45) is 1.16. The van der Waals surface area contributed by atoms with E-state index < -0.39 is 0 Å². The fourth-order valence-corrected chi connectivity index (χ4v) is 3.20. The molecule has 0 aliphatic carbocycles. The Morgan fingerprint density at radius 3 is 2.57 bits per heavy atom. The largest absolute Gasteiger partial charge is 0.377 e. The van der Waals surface area contributed by atoms with E-state index >= 15 is 0 Å². The van der Waals surface area contributed by atoms with Gasteiger partial charge in [0.15, 0.2) is 0 Å². The maximum absolute atomic E-state index is 5.65. The molecule has 0 aromatic heterocycles. The first-order valence-corrected chi connectivity index (χ1v) is 8.00. The second kappa shape index (κ2) is 6.47. The van der Waals surface area contributed by atoms with Crippen molar-refractivity contribution in [2.24, 2.45) is 0 Å². The normalized spacial score (nSPS) is 27.8. The molecule has 1 aromatic rings. The number of hydrogen-bond donors (Lipinski definition) is 1. The van der Waals surface area contributed by atoms with Gasteiger partial charge in [-0.15, -0.1) is 0 Å². The molecular formula is C18H30N2O. The van der Waals surface area contributed by atoms with Gasteiger partial charge in [0.2, 0.25) is 0 Å². The van der Waals surface area contributed by atoms with Crippen molar-refractivity contribution in [3.63, 3.8) is 0 Å². The Hall–Kier alpha value is -0.900. The average molecular weight is 290 g/mol. The van der Waals surface area contributed by atoms with Crippen molar-refractivity contribution in [1.29, 1.82) is 0 Å². The highest BCUT2D eigenvalue weighted by atomic mass is 16.5. The third kappa shape index (κ3) is 3.85. The summed E-state index contributed by atoms with van der Waals surface area (Å²) in [5, 5.41) is 3.76. The van der Waals surface area contributed by atoms with Crippen LogP contribution in [-0.2, 0) is 10.3 Å². The van der Waals surface area contributed by atoms with E-state index in [9.17, 15) is 0 Å². The Balaban J connectivity index is 2.18. The minimum Gasteiger partial charge on any atom is -0.377 e. The molecule has 2 unspecified atom stereocenters. The van der Waals surface area contributed by atoms with Crippen molar-refractivity contribution in [2.75, 3.05) is 26.7 Å². The number of hydrogen-bond acceptors (Lipinski definition) is 3. The summed E-state index contributed by atoms with van der Waals surface area (Å²) in [5.74, 6) is 0. The topological polar surface area (TPSA) is 24.5 Å². The Morgan fingerprint density at radius 2 is 2.00 bits per heavy atom. The van der Waals surface area contributed by atoms with Gasteiger partial charge in [0.05, 0.1) is 11.1 Å². The first-order valence-electron chi connectivity index (χ1n) is 8.00. The first kappa shape index (κ1) is 16.5. The molecule has 0 bridgehead atoms. The van der Waals surface area contributed by atoms with E-state index in [1.165, 1.54) is 5.56 Å². The summed E-state index contributed by atoms with van der Waals surface area (Å²) in [6.45, 7) is 11.9. The highest BCUT2D eigenvalue weighted by molar-refractivity contribution is 5.25. The van der Waals surface area contributed by atoms with E-state index in [0.29, 0.717) is 6.04 Å². The lowest BCUT2D eigenvalue weighted by Gasteiger charge is -2.48. The number of ether oxygens (including phenoxy) is 1. The molecule has 2 rings (SSSR count). The van der Waals surface area contributed by atoms with Gasteiger partial charge in [-0.05, 0) is 32.8 Å². The molecule has 1 aliphatic rings. The molecule has 0 radical (unpaired) electrons. The van der Waals surface area contributed by atoms with Crippen molar-refractivity contribution in [1.82, 2.24) is 10.2 Å². The first-order chi connectivity index (χ1) is 9.90. The molecule has 0 saturated carbocycles. The average Bonchev–Trinajstić information content (AvgIpc) is 2.48. The molecule has 3 heteroatoms. The molecule has 1 aromatic carbocycles. The van der Waals surface area contributed by atoms with Crippen LogP contribution >= 0.6 is 0 Å². The van der Waals surface area contributed by atoms with Gasteiger partial charge in [-0.1, -0.05) is 37.3 Å². The Morgan fingerprint density at radius 1 is 1.33 bits per heavy atom. The fraction of sp³-hybridized carbons (Fsp3) is 0.667. The van der Waals surface area contributed by atoms with Gasteiger partial charge < -0.3 is 10.1 Å². The molecular weight excluding hydrogens is 260 g/mol. The molecule has 1 N–H and O–H groups in total. The molecule has 1 heterocycles. The Bertz CT molecular complexity index is 446. The molecule has 1 fully saturated rings. The van der Waals surface area contributed by atoms with Crippen LogP contribution in [0, 0.1) is 0 Å². The van der Waals surface area contributed by atoms with Crippen LogP contribution in [0.5, 0.6) is 0 Å². The summed E-state index contributed by atoms with van der Waals surface area (Å²) in [4.78, 5) is 2.59. The SMILES string of the molecule is CCC1CNC(C)(c2ccccc2)CN1CC(C)(C)OC. The Kier molecular flexibility index (Phi) is 5.07. The van der Waals surface area contributed by atoms with Gasteiger partial charge in [-0.2, -0.15) is 0 Å². The number of benzene rings is 1. The second-order valence-corrected chi connectivity index (χ2v) is 7.01. The van der Waals surface area contributed by atoms with Crippen LogP contribution in [-0.4, -0.2) is 43.3 Å². The maximum Gasteiger partial charge on any atom is 0.0749 e. The third-order valence-electron chi connectivity index (χ3n) is 4.78. The lowest BCUT2D eigenvalue weighted by atomic mass is 9.87. The van der Waals surface area contributed by atoms with Crippen molar-refractivity contribution in [2.45, 2.75) is 51.3 Å². The molecule has 2 atom stereocenters. The van der Waals surface area contributed by atoms with E-state index in [-0.39, 0.29) is 11.1 Å². The van der Waals surface area contributed by atoms with Crippen LogP contribution in [0.15, 0.2) is 30.3 Å². The van der Waals surface area contributed by atoms with Gasteiger partial charge in [0, 0.05) is 32.8 Å². The molecule has 1 aliphatic heterocycles. The highest BCUT2D eigenvalue weighted by Crippen LogP contribution is 2.28. The standard InChI is InChI=1S/C18H30N2O/c1-6-16-12-19-18(4,15-10-8-7-9-11-15)14-20(16)13-17(2,3)21-5/h7-11,16,19H,6,12-14H2,1-5H3. The molecule has 0 amide bonds. The van der Waals surface area contributed by atoms with Crippen molar-refractivity contribution in [3.05, 3.63) is 35.9 Å². The van der Waals surface area contributed by atoms with E-state index in [2.05, 4.69) is 68.2 Å². The van der Waals surface area contributed by atoms with E-state index in [1.807, 2.05) is 0 Å². The number of nitrogens with one attached hydrogen (secondary N) is 1. The van der Waals surface area contributed by atoms with Crippen LogP contribution in [0.4, 0.5) is 0 Å². The van der Waals surface area contributed by atoms with Crippen molar-refractivity contribution >= 4 is 0 Å². The zero-order valence-electron chi connectivity index (χ0n) is 14.1. The predicted octanol–water partition coefficient (Wildman–Crippen LogP) is 3.01. The number of piperazine rings is 1. The molecule has 21 heavy (non-hydrogen) atoms. The Labute approximate surface area is 129 Å². The predicted molar refractivity (Wildman–Crippen MR) is 88.5 cm³/mol. The second-order valence-electron chi connectivity index (χ2n) is 7.01. The van der Waals surface area contributed by atoms with E-state index in [1.54, 1.807) is 7.11 Å². The zero-order valence-corrected chi connectivity index (χ0v) is 14.1. The number of methoxy groups -OCH3 is 1. The summed E-state index contributed by atoms with van der Waals surface area (Å²) in [5.41, 5.74) is 1.26. The summed E-state index contributed by atoms with van der Waals surface area (Å²) in [7, 11) is 1.81. The van der Waals surface area contributed by atoms with E-state index in [0.717, 1.165) is 26.1 Å². The van der Waals surface area contributed by atoms with Crippen LogP contribution in [0.2, 0.25) is 0 Å². The molecule has 1 saturated heterocycles. The fourth-order valence-electron chi connectivity index (χ4n) is 3.20. The van der Waals surface area contributed by atoms with Gasteiger partial charge >= 0.3 is 0 Å². The molecule has 118 valence electrons. The van der Waals surface area contributed by atoms with E-state index in [4.69, 9.17) is 4.74 Å². The summed E-state index contributed by atoms with van der Waals surface area (Å²) >= 11 is 0. The summed E-state index contributed by atoms with van der Waals surface area (Å²) in [6, 6.07) is 11.3. The lowest BCUT2D eigenvalue weighted by Crippen LogP contribution is -2.63. The zero-order chi connectivity index (χ0) is 15.5. The lowest BCUT2D eigenvalue weighted by molar-refractivity contribution is -0.0361. The van der Waals surface area contributed by atoms with Gasteiger partial charge in [0.1, 0.15) is 0 Å². The van der Waals surface area contributed by atoms with Gasteiger partial charge in [-0.3, -0.25) is 4.90 Å². The smallest absolute Gasteiger partial charge is 0.0749 e. The van der Waals surface area contributed by atoms with Crippen molar-refractivity contribution < 1.29 is 4.74 Å². The van der Waals surface area contributed by atoms with Crippen molar-refractivity contribution in [3.8, 4) is 0 Å². The van der Waals surface area contributed by atoms with Gasteiger partial charge in [-0.25, -0.2) is 0 Å².